The van der Waals surface area contributed by atoms with Crippen LogP contribution in [0.4, 0.5) is 10.6 Å². The maximum Gasteiger partial charge on any atom is 0.404 e. The molecule has 2 amide bonds. The second-order valence-electron chi connectivity index (χ2n) is 7.65. The van der Waals surface area contributed by atoms with Gasteiger partial charge < -0.3 is 20.5 Å². The minimum Gasteiger partial charge on any atom is -0.480 e. The molecule has 0 radical (unpaired) electrons. The maximum atomic E-state index is 12.3. The quantitative estimate of drug-likeness (QED) is 0.492. The number of nitrogens with one attached hydrogen (secondary N) is 3. The molecule has 2 heterocycles. The van der Waals surface area contributed by atoms with Gasteiger partial charge in [0.15, 0.2) is 5.82 Å². The number of aromatic amines is 1. The molecule has 1 aliphatic carbocycles. The molecule has 1 fully saturated rings. The van der Waals surface area contributed by atoms with E-state index in [0.717, 1.165) is 37.8 Å². The van der Waals surface area contributed by atoms with Crippen LogP contribution in [0.15, 0.2) is 18.5 Å². The Labute approximate surface area is 174 Å². The molecule has 0 saturated heterocycles. The minimum absolute atomic E-state index is 0.0115. The van der Waals surface area contributed by atoms with Crippen LogP contribution >= 0.6 is 0 Å². The number of anilines is 1. The number of carboxylic acid groups (broad SMARTS) is 1. The topological polar surface area (TPSA) is 142 Å². The van der Waals surface area contributed by atoms with E-state index < -0.39 is 6.09 Å². The van der Waals surface area contributed by atoms with Gasteiger partial charge in [0.05, 0.1) is 25.4 Å². The van der Waals surface area contributed by atoms with Gasteiger partial charge >= 0.3 is 6.09 Å². The second-order valence-corrected chi connectivity index (χ2v) is 7.65. The first-order chi connectivity index (χ1) is 14.5. The monoisotopic (exact) mass is 416 g/mol. The fourth-order valence-corrected chi connectivity index (χ4v) is 4.01. The fourth-order valence-electron chi connectivity index (χ4n) is 4.01. The molecule has 1 saturated carbocycles. The summed E-state index contributed by atoms with van der Waals surface area (Å²) in [4.78, 5) is 31.3. The van der Waals surface area contributed by atoms with Crippen molar-refractivity contribution in [2.75, 3.05) is 12.4 Å². The van der Waals surface area contributed by atoms with E-state index >= 15 is 0 Å². The number of hydrogen-bond donors (Lipinski definition) is 4. The van der Waals surface area contributed by atoms with E-state index in [-0.39, 0.29) is 18.4 Å². The third-order valence-electron chi connectivity index (χ3n) is 5.50. The van der Waals surface area contributed by atoms with E-state index in [1.165, 1.54) is 19.5 Å². The molecule has 2 aromatic heterocycles. The summed E-state index contributed by atoms with van der Waals surface area (Å²) in [5.41, 5.74) is 1.51. The smallest absolute Gasteiger partial charge is 0.404 e. The molecule has 3 atom stereocenters. The van der Waals surface area contributed by atoms with Crippen LogP contribution in [-0.2, 0) is 11.2 Å². The Balaban J connectivity index is 1.51. The van der Waals surface area contributed by atoms with Crippen LogP contribution in [0.5, 0.6) is 5.88 Å². The van der Waals surface area contributed by atoms with E-state index in [1.807, 2.05) is 13.0 Å². The normalized spacial score (nSPS) is 19.3. The molecule has 10 heteroatoms. The Kier molecular flexibility index (Phi) is 7.21. The highest BCUT2D eigenvalue weighted by Crippen LogP contribution is 2.40. The van der Waals surface area contributed by atoms with Gasteiger partial charge in [-0.05, 0) is 38.0 Å². The van der Waals surface area contributed by atoms with Gasteiger partial charge in [-0.3, -0.25) is 14.9 Å². The molecule has 3 rings (SSSR count). The van der Waals surface area contributed by atoms with Gasteiger partial charge in [-0.1, -0.05) is 6.92 Å². The Bertz CT molecular complexity index is 870. The first-order valence-electron chi connectivity index (χ1n) is 10.2. The molecule has 10 nitrogen and oxygen atoms in total. The molecule has 2 aromatic rings. The summed E-state index contributed by atoms with van der Waals surface area (Å²) in [7, 11) is 1.50. The number of hydrogen-bond acceptors (Lipinski definition) is 6. The number of ether oxygens (including phenoxy) is 1. The van der Waals surface area contributed by atoms with Gasteiger partial charge in [0.25, 0.3) is 0 Å². The van der Waals surface area contributed by atoms with Crippen molar-refractivity contribution in [2.45, 2.75) is 57.4 Å². The van der Waals surface area contributed by atoms with Crippen LogP contribution in [0, 0.1) is 5.92 Å². The van der Waals surface area contributed by atoms with Crippen LogP contribution in [0.3, 0.4) is 0 Å². The lowest BCUT2D eigenvalue weighted by Crippen LogP contribution is -2.34. The molecular formula is C20H28N6O4. The fraction of sp³-hybridized carbons (Fsp3) is 0.550. The summed E-state index contributed by atoms with van der Waals surface area (Å²) in [6, 6.07) is 1.86. The standard InChI is InChI=1S/C20H28N6O4/c1-3-14(23-20(28)29)7-12-4-5-13(6-12)16-9-17(26-25-16)24-18(27)8-15-10-21-11-19(22-15)30-2/h9-14,23H,3-8H2,1-2H3,(H,28,29)(H2,24,25,26,27). The molecule has 0 bridgehead atoms. The predicted octanol–water partition coefficient (Wildman–Crippen LogP) is 2.71. The van der Waals surface area contributed by atoms with E-state index in [1.54, 1.807) is 0 Å². The molecule has 30 heavy (non-hydrogen) atoms. The van der Waals surface area contributed by atoms with Crippen molar-refractivity contribution in [1.82, 2.24) is 25.5 Å². The SMILES string of the molecule is CCC(CC1CCC(c2cc(NC(=O)Cc3cncc(OC)n3)n[nH]2)C1)NC(=O)O. The number of carbonyl (C=O) groups is 2. The zero-order valence-corrected chi connectivity index (χ0v) is 17.2. The number of nitrogens with zero attached hydrogens (tertiary/aromatic N) is 3. The number of carbonyl (C=O) groups excluding carboxylic acids is 1. The highest BCUT2D eigenvalue weighted by Gasteiger charge is 2.29. The van der Waals surface area contributed by atoms with E-state index in [2.05, 4.69) is 30.8 Å². The molecule has 4 N–H and O–H groups in total. The zero-order valence-electron chi connectivity index (χ0n) is 17.2. The molecular weight excluding hydrogens is 388 g/mol. The lowest BCUT2D eigenvalue weighted by Gasteiger charge is -2.19. The summed E-state index contributed by atoms with van der Waals surface area (Å²) in [6.45, 7) is 1.99. The first kappa shape index (κ1) is 21.5. The van der Waals surface area contributed by atoms with Crippen LogP contribution < -0.4 is 15.4 Å². The van der Waals surface area contributed by atoms with E-state index in [0.29, 0.717) is 29.2 Å². The van der Waals surface area contributed by atoms with Crippen LogP contribution in [0.2, 0.25) is 0 Å². The van der Waals surface area contributed by atoms with Crippen LogP contribution in [0.1, 0.15) is 56.3 Å². The Morgan fingerprint density at radius 1 is 1.37 bits per heavy atom. The summed E-state index contributed by atoms with van der Waals surface area (Å²) in [5.74, 6) is 1.42. The highest BCUT2D eigenvalue weighted by atomic mass is 16.5. The second kappa shape index (κ2) is 10.0. The summed E-state index contributed by atoms with van der Waals surface area (Å²) in [5, 5.41) is 21.6. The summed E-state index contributed by atoms with van der Waals surface area (Å²) < 4.78 is 5.02. The van der Waals surface area contributed by atoms with Crippen molar-refractivity contribution < 1.29 is 19.4 Å². The molecule has 0 aliphatic heterocycles. The lowest BCUT2D eigenvalue weighted by atomic mass is 9.95. The summed E-state index contributed by atoms with van der Waals surface area (Å²) in [6.07, 6.45) is 6.80. The predicted molar refractivity (Wildman–Crippen MR) is 109 cm³/mol. The average molecular weight is 416 g/mol. The lowest BCUT2D eigenvalue weighted by molar-refractivity contribution is -0.115. The third kappa shape index (κ3) is 5.91. The van der Waals surface area contributed by atoms with Gasteiger partial charge in [0.1, 0.15) is 0 Å². The largest absolute Gasteiger partial charge is 0.480 e. The molecule has 162 valence electrons. The van der Waals surface area contributed by atoms with Gasteiger partial charge in [-0.2, -0.15) is 5.10 Å². The molecule has 3 unspecified atom stereocenters. The summed E-state index contributed by atoms with van der Waals surface area (Å²) >= 11 is 0. The number of amides is 2. The van der Waals surface area contributed by atoms with E-state index in [9.17, 15) is 9.59 Å². The van der Waals surface area contributed by atoms with Gasteiger partial charge in [0, 0.05) is 29.9 Å². The maximum absolute atomic E-state index is 12.3. The number of aromatic nitrogens is 4. The number of methoxy groups -OCH3 is 1. The van der Waals surface area contributed by atoms with Gasteiger partial charge in [-0.25, -0.2) is 9.78 Å². The van der Waals surface area contributed by atoms with Crippen molar-refractivity contribution >= 4 is 17.8 Å². The van der Waals surface area contributed by atoms with Crippen LogP contribution in [-0.4, -0.2) is 50.4 Å². The van der Waals surface area contributed by atoms with Crippen molar-refractivity contribution in [3.05, 3.63) is 29.8 Å². The van der Waals surface area contributed by atoms with Gasteiger partial charge in [0.2, 0.25) is 11.8 Å². The van der Waals surface area contributed by atoms with E-state index in [4.69, 9.17) is 9.84 Å². The Morgan fingerprint density at radius 3 is 2.93 bits per heavy atom. The minimum atomic E-state index is -0.967. The van der Waals surface area contributed by atoms with Crippen molar-refractivity contribution in [1.29, 1.82) is 0 Å². The molecule has 1 aliphatic rings. The van der Waals surface area contributed by atoms with Crippen molar-refractivity contribution in [2.24, 2.45) is 5.92 Å². The first-order valence-corrected chi connectivity index (χ1v) is 10.2. The van der Waals surface area contributed by atoms with Gasteiger partial charge in [-0.15, -0.1) is 0 Å². The highest BCUT2D eigenvalue weighted by molar-refractivity contribution is 5.91. The Hall–Kier alpha value is -3.17. The molecule has 0 aromatic carbocycles. The zero-order chi connectivity index (χ0) is 21.5. The third-order valence-corrected chi connectivity index (χ3v) is 5.50. The van der Waals surface area contributed by atoms with Crippen molar-refractivity contribution in [3.63, 3.8) is 0 Å². The average Bonchev–Trinajstić information content (AvgIpc) is 3.36. The molecule has 0 spiro atoms. The Morgan fingerprint density at radius 2 is 2.20 bits per heavy atom. The number of rotatable bonds is 9. The number of H-pyrrole nitrogens is 1. The van der Waals surface area contributed by atoms with Crippen molar-refractivity contribution in [3.8, 4) is 5.88 Å². The van der Waals surface area contributed by atoms with Crippen LogP contribution in [0.25, 0.3) is 0 Å².